The summed E-state index contributed by atoms with van der Waals surface area (Å²) >= 11 is 0. The molecule has 1 aliphatic carbocycles. The SMILES string of the molecule is NC(=O)c1ccc2c(c1)CC(=O)N2CC1CCN(CC(=O)C2CCCCC2)CC1. The number of anilines is 1. The normalized spacial score (nSPS) is 21.4. The minimum absolute atomic E-state index is 0.0940. The highest BCUT2D eigenvalue weighted by Gasteiger charge is 2.32. The number of ketones is 1. The monoisotopic (exact) mass is 397 g/mol. The maximum Gasteiger partial charge on any atom is 0.248 e. The van der Waals surface area contributed by atoms with Crippen molar-refractivity contribution in [1.29, 1.82) is 0 Å². The fourth-order valence-corrected chi connectivity index (χ4v) is 5.10. The second-order valence-corrected chi connectivity index (χ2v) is 8.91. The van der Waals surface area contributed by atoms with E-state index in [1.807, 2.05) is 11.0 Å². The summed E-state index contributed by atoms with van der Waals surface area (Å²) in [6.45, 7) is 3.17. The van der Waals surface area contributed by atoms with E-state index in [-0.39, 0.29) is 11.8 Å². The average molecular weight is 398 g/mol. The number of primary amides is 1. The Morgan fingerprint density at radius 1 is 1.03 bits per heavy atom. The lowest BCUT2D eigenvalue weighted by atomic mass is 9.85. The molecule has 1 aromatic rings. The molecular formula is C23H31N3O3. The maximum atomic E-state index is 12.6. The van der Waals surface area contributed by atoms with Crippen molar-refractivity contribution >= 4 is 23.3 Å². The first-order valence-corrected chi connectivity index (χ1v) is 11.0. The van der Waals surface area contributed by atoms with Crippen molar-refractivity contribution in [3.8, 4) is 0 Å². The molecule has 1 saturated heterocycles. The van der Waals surface area contributed by atoms with Gasteiger partial charge in [-0.25, -0.2) is 0 Å². The minimum atomic E-state index is -0.464. The van der Waals surface area contributed by atoms with Crippen LogP contribution in [0.4, 0.5) is 5.69 Å². The molecular weight excluding hydrogens is 366 g/mol. The Balaban J connectivity index is 1.29. The average Bonchev–Trinajstić information content (AvgIpc) is 3.04. The molecule has 4 rings (SSSR count). The first kappa shape index (κ1) is 20.1. The number of nitrogens with two attached hydrogens (primary N) is 1. The van der Waals surface area contributed by atoms with Gasteiger partial charge >= 0.3 is 0 Å². The number of hydrogen-bond acceptors (Lipinski definition) is 4. The molecule has 2 amide bonds. The maximum absolute atomic E-state index is 12.6. The molecule has 1 saturated carbocycles. The quantitative estimate of drug-likeness (QED) is 0.800. The zero-order valence-corrected chi connectivity index (χ0v) is 17.1. The van der Waals surface area contributed by atoms with Crippen molar-refractivity contribution in [3.05, 3.63) is 29.3 Å². The van der Waals surface area contributed by atoms with Gasteiger partial charge in [-0.15, -0.1) is 0 Å². The molecule has 0 radical (unpaired) electrons. The van der Waals surface area contributed by atoms with E-state index in [1.165, 1.54) is 19.3 Å². The van der Waals surface area contributed by atoms with Crippen LogP contribution in [0.15, 0.2) is 18.2 Å². The number of amides is 2. The number of likely N-dealkylation sites (tertiary alicyclic amines) is 1. The van der Waals surface area contributed by atoms with Crippen LogP contribution in [0.5, 0.6) is 0 Å². The Hall–Kier alpha value is -2.21. The first-order chi connectivity index (χ1) is 14.0. The van der Waals surface area contributed by atoms with E-state index in [1.54, 1.807) is 12.1 Å². The summed E-state index contributed by atoms with van der Waals surface area (Å²) in [4.78, 5) is 40.6. The largest absolute Gasteiger partial charge is 0.366 e. The van der Waals surface area contributed by atoms with Gasteiger partial charge in [0.2, 0.25) is 11.8 Å². The van der Waals surface area contributed by atoms with E-state index < -0.39 is 5.91 Å². The topological polar surface area (TPSA) is 83.7 Å². The summed E-state index contributed by atoms with van der Waals surface area (Å²) < 4.78 is 0. The second kappa shape index (κ2) is 8.66. The van der Waals surface area contributed by atoms with Gasteiger partial charge in [-0.2, -0.15) is 0 Å². The van der Waals surface area contributed by atoms with E-state index in [0.29, 0.717) is 36.8 Å². The van der Waals surface area contributed by atoms with Gasteiger partial charge in [0.25, 0.3) is 0 Å². The van der Waals surface area contributed by atoms with Gasteiger partial charge in [0.1, 0.15) is 5.78 Å². The molecule has 0 aromatic heterocycles. The number of carbonyl (C=O) groups excluding carboxylic acids is 3. The number of Topliss-reactive ketones (excluding diaryl/α,β-unsaturated/α-hetero) is 1. The Kier molecular flexibility index (Phi) is 5.99. The molecule has 2 fully saturated rings. The number of piperidine rings is 1. The zero-order valence-electron chi connectivity index (χ0n) is 17.1. The van der Waals surface area contributed by atoms with Crippen LogP contribution in [-0.4, -0.2) is 48.7 Å². The number of carbonyl (C=O) groups is 3. The Bertz CT molecular complexity index is 793. The first-order valence-electron chi connectivity index (χ1n) is 11.0. The Morgan fingerprint density at radius 2 is 1.76 bits per heavy atom. The lowest BCUT2D eigenvalue weighted by Gasteiger charge is -2.34. The molecule has 0 unspecified atom stereocenters. The highest BCUT2D eigenvalue weighted by molar-refractivity contribution is 6.03. The van der Waals surface area contributed by atoms with Gasteiger partial charge in [0, 0.05) is 23.7 Å². The molecule has 1 aromatic carbocycles. The Labute approximate surface area is 172 Å². The van der Waals surface area contributed by atoms with Crippen LogP contribution in [0, 0.1) is 11.8 Å². The number of nitrogens with zero attached hydrogens (tertiary/aromatic N) is 2. The molecule has 29 heavy (non-hydrogen) atoms. The van der Waals surface area contributed by atoms with Gasteiger partial charge in [-0.3, -0.25) is 19.3 Å². The standard InChI is InChI=1S/C23H31N3O3/c24-23(29)18-6-7-20-19(12-18)13-22(28)26(20)14-16-8-10-25(11-9-16)15-21(27)17-4-2-1-3-5-17/h6-7,12,16-17H,1-5,8-11,13-15H2,(H2,24,29). The van der Waals surface area contributed by atoms with Crippen LogP contribution in [-0.2, 0) is 16.0 Å². The summed E-state index contributed by atoms with van der Waals surface area (Å²) in [5.41, 5.74) is 7.61. The minimum Gasteiger partial charge on any atom is -0.366 e. The third-order valence-electron chi connectivity index (χ3n) is 6.89. The molecule has 0 bridgehead atoms. The van der Waals surface area contributed by atoms with E-state index in [0.717, 1.165) is 50.0 Å². The molecule has 3 aliphatic rings. The molecule has 0 atom stereocenters. The van der Waals surface area contributed by atoms with Crippen LogP contribution >= 0.6 is 0 Å². The third kappa shape index (κ3) is 4.53. The third-order valence-corrected chi connectivity index (χ3v) is 6.89. The molecule has 156 valence electrons. The fourth-order valence-electron chi connectivity index (χ4n) is 5.10. The molecule has 2 heterocycles. The predicted molar refractivity (Wildman–Crippen MR) is 112 cm³/mol. The van der Waals surface area contributed by atoms with Gasteiger partial charge < -0.3 is 10.6 Å². The van der Waals surface area contributed by atoms with Crippen molar-refractivity contribution in [1.82, 2.24) is 4.90 Å². The second-order valence-electron chi connectivity index (χ2n) is 8.91. The van der Waals surface area contributed by atoms with E-state index in [4.69, 9.17) is 5.73 Å². The van der Waals surface area contributed by atoms with Crippen LogP contribution in [0.1, 0.15) is 60.9 Å². The van der Waals surface area contributed by atoms with Crippen molar-refractivity contribution in [3.63, 3.8) is 0 Å². The van der Waals surface area contributed by atoms with E-state index in [2.05, 4.69) is 4.90 Å². The fraction of sp³-hybridized carbons (Fsp3) is 0.609. The lowest BCUT2D eigenvalue weighted by molar-refractivity contribution is -0.125. The number of rotatable bonds is 6. The van der Waals surface area contributed by atoms with Crippen LogP contribution in [0.2, 0.25) is 0 Å². The summed E-state index contributed by atoms with van der Waals surface area (Å²) in [6.07, 6.45) is 8.18. The van der Waals surface area contributed by atoms with Crippen LogP contribution < -0.4 is 10.6 Å². The van der Waals surface area contributed by atoms with Gasteiger partial charge in [-0.1, -0.05) is 19.3 Å². The van der Waals surface area contributed by atoms with Gasteiger partial charge in [0.05, 0.1) is 13.0 Å². The van der Waals surface area contributed by atoms with Crippen molar-refractivity contribution in [2.75, 3.05) is 31.1 Å². The number of benzene rings is 1. The lowest BCUT2D eigenvalue weighted by Crippen LogP contribution is -2.42. The molecule has 2 aliphatic heterocycles. The van der Waals surface area contributed by atoms with Crippen LogP contribution in [0.3, 0.4) is 0 Å². The highest BCUT2D eigenvalue weighted by Crippen LogP contribution is 2.32. The van der Waals surface area contributed by atoms with Gasteiger partial charge in [0.15, 0.2) is 0 Å². The van der Waals surface area contributed by atoms with Crippen molar-refractivity contribution in [2.45, 2.75) is 51.4 Å². The van der Waals surface area contributed by atoms with Crippen molar-refractivity contribution in [2.24, 2.45) is 17.6 Å². The predicted octanol–water partition coefficient (Wildman–Crippen LogP) is 2.54. The number of hydrogen-bond donors (Lipinski definition) is 1. The van der Waals surface area contributed by atoms with E-state index in [9.17, 15) is 14.4 Å². The summed E-state index contributed by atoms with van der Waals surface area (Å²) in [6, 6.07) is 5.29. The summed E-state index contributed by atoms with van der Waals surface area (Å²) in [5, 5.41) is 0. The molecule has 6 heteroatoms. The smallest absolute Gasteiger partial charge is 0.248 e. The summed E-state index contributed by atoms with van der Waals surface area (Å²) in [5.74, 6) is 0.787. The zero-order chi connectivity index (χ0) is 20.4. The summed E-state index contributed by atoms with van der Waals surface area (Å²) in [7, 11) is 0. The Morgan fingerprint density at radius 3 is 2.45 bits per heavy atom. The molecule has 6 nitrogen and oxygen atoms in total. The van der Waals surface area contributed by atoms with Crippen LogP contribution in [0.25, 0.3) is 0 Å². The van der Waals surface area contributed by atoms with Crippen molar-refractivity contribution < 1.29 is 14.4 Å². The van der Waals surface area contributed by atoms with Gasteiger partial charge in [-0.05, 0) is 68.5 Å². The van der Waals surface area contributed by atoms with E-state index >= 15 is 0 Å². The highest BCUT2D eigenvalue weighted by atomic mass is 16.2. The molecule has 0 spiro atoms. The number of fused-ring (bicyclic) bond motifs is 1. The molecule has 2 N–H and O–H groups in total.